The average molecular weight is 304 g/mol. The fraction of sp³-hybridized carbons (Fsp3) is 0.400. The maximum absolute atomic E-state index is 12.6. The Kier molecular flexibility index (Phi) is 4.67. The van der Waals surface area contributed by atoms with Gasteiger partial charge in [-0.2, -0.15) is 13.2 Å². The third-order valence-electron chi connectivity index (χ3n) is 1.98. The summed E-state index contributed by atoms with van der Waals surface area (Å²) in [6.45, 7) is 1.27. The van der Waals surface area contributed by atoms with Gasteiger partial charge < -0.3 is 4.74 Å². The number of carbonyl (C=O) groups excluding carboxylic acids is 1. The van der Waals surface area contributed by atoms with E-state index in [9.17, 15) is 26.7 Å². The highest BCUT2D eigenvalue weighted by atomic mass is 35.5. The topological polar surface area (TPSA) is 39.2 Å². The van der Waals surface area contributed by atoms with Crippen molar-refractivity contribution < 1.29 is 31.5 Å². The van der Waals surface area contributed by atoms with Gasteiger partial charge in [0.25, 0.3) is 6.43 Å². The molecule has 0 spiro atoms. The molecule has 1 aromatic rings. The van der Waals surface area contributed by atoms with E-state index in [1.807, 2.05) is 0 Å². The molecule has 0 aliphatic rings. The molecule has 0 saturated heterocycles. The third kappa shape index (κ3) is 3.52. The Bertz CT molecular complexity index is 490. The van der Waals surface area contributed by atoms with Crippen molar-refractivity contribution in [1.29, 1.82) is 0 Å². The van der Waals surface area contributed by atoms with E-state index in [1.54, 1.807) is 0 Å². The minimum absolute atomic E-state index is 0.136. The summed E-state index contributed by atoms with van der Waals surface area (Å²) in [5, 5.41) is -0.846. The molecule has 0 saturated carbocycles. The first-order valence-corrected chi connectivity index (χ1v) is 5.29. The highest BCUT2D eigenvalue weighted by molar-refractivity contribution is 6.34. The first kappa shape index (κ1) is 15.6. The van der Waals surface area contributed by atoms with E-state index in [0.29, 0.717) is 0 Å². The normalized spacial score (nSPS) is 11.8. The van der Waals surface area contributed by atoms with Crippen LogP contribution >= 0.6 is 11.6 Å². The fourth-order valence-corrected chi connectivity index (χ4v) is 1.45. The Morgan fingerprint density at radius 3 is 2.47 bits per heavy atom. The molecule has 0 fully saturated rings. The molecule has 0 unspecified atom stereocenters. The fourth-order valence-electron chi connectivity index (χ4n) is 1.20. The molecular formula is C10H7ClF5NO2. The lowest BCUT2D eigenvalue weighted by molar-refractivity contribution is -0.141. The van der Waals surface area contributed by atoms with Crippen LogP contribution in [0.15, 0.2) is 6.07 Å². The quantitative estimate of drug-likeness (QED) is 0.628. The van der Waals surface area contributed by atoms with Crippen molar-refractivity contribution in [2.45, 2.75) is 19.5 Å². The van der Waals surface area contributed by atoms with E-state index >= 15 is 0 Å². The van der Waals surface area contributed by atoms with Crippen LogP contribution in [0.4, 0.5) is 22.0 Å². The summed E-state index contributed by atoms with van der Waals surface area (Å²) in [6, 6.07) is 0.284. The molecule has 19 heavy (non-hydrogen) atoms. The smallest absolute Gasteiger partial charge is 0.433 e. The summed E-state index contributed by atoms with van der Waals surface area (Å²) >= 11 is 5.45. The van der Waals surface area contributed by atoms with E-state index in [2.05, 4.69) is 9.72 Å². The minimum atomic E-state index is -4.98. The van der Waals surface area contributed by atoms with Crippen molar-refractivity contribution in [3.8, 4) is 0 Å². The van der Waals surface area contributed by atoms with Crippen LogP contribution < -0.4 is 0 Å². The van der Waals surface area contributed by atoms with Gasteiger partial charge in [0.1, 0.15) is 11.4 Å². The Labute approximate surface area is 109 Å². The second-order valence-electron chi connectivity index (χ2n) is 3.27. The van der Waals surface area contributed by atoms with Crippen molar-refractivity contribution in [2.75, 3.05) is 6.61 Å². The van der Waals surface area contributed by atoms with Crippen LogP contribution in [0.1, 0.15) is 35.1 Å². The molecule has 0 atom stereocenters. The number of halogens is 6. The van der Waals surface area contributed by atoms with E-state index < -0.39 is 40.5 Å². The van der Waals surface area contributed by atoms with Gasteiger partial charge in [0.05, 0.1) is 17.2 Å². The standard InChI is InChI=1S/C10H7ClF5NO2/c1-2-19-9(18)4-3-5(10(14,15)16)17-7(6(4)11)8(12)13/h3,8H,2H2,1H3. The molecule has 0 N–H and O–H groups in total. The molecule has 1 rings (SSSR count). The van der Waals surface area contributed by atoms with Gasteiger partial charge >= 0.3 is 12.1 Å². The summed E-state index contributed by atoms with van der Waals surface area (Å²) in [7, 11) is 0. The number of esters is 1. The summed E-state index contributed by atoms with van der Waals surface area (Å²) in [4.78, 5) is 14.1. The van der Waals surface area contributed by atoms with E-state index in [1.165, 1.54) is 6.92 Å². The zero-order valence-corrected chi connectivity index (χ0v) is 10.1. The summed E-state index contributed by atoms with van der Waals surface area (Å²) in [6.07, 6.45) is -8.32. The molecule has 0 radical (unpaired) electrons. The Balaban J connectivity index is 3.45. The van der Waals surface area contributed by atoms with E-state index in [4.69, 9.17) is 11.6 Å². The molecule has 9 heteroatoms. The monoisotopic (exact) mass is 303 g/mol. The van der Waals surface area contributed by atoms with Crippen molar-refractivity contribution in [3.63, 3.8) is 0 Å². The van der Waals surface area contributed by atoms with Gasteiger partial charge in [0, 0.05) is 0 Å². The van der Waals surface area contributed by atoms with Gasteiger partial charge in [-0.25, -0.2) is 18.6 Å². The first-order chi connectivity index (χ1) is 8.68. The summed E-state index contributed by atoms with van der Waals surface area (Å²) in [5.41, 5.74) is -3.73. The number of hydrogen-bond donors (Lipinski definition) is 0. The number of rotatable bonds is 3. The Morgan fingerprint density at radius 1 is 1.47 bits per heavy atom. The number of aromatic nitrogens is 1. The van der Waals surface area contributed by atoms with Gasteiger partial charge in [0.2, 0.25) is 0 Å². The second-order valence-corrected chi connectivity index (χ2v) is 3.65. The first-order valence-electron chi connectivity index (χ1n) is 4.91. The number of alkyl halides is 5. The Hall–Kier alpha value is -1.44. The molecule has 0 aliphatic carbocycles. The minimum Gasteiger partial charge on any atom is -0.462 e. The molecule has 1 heterocycles. The van der Waals surface area contributed by atoms with Crippen molar-refractivity contribution >= 4 is 17.6 Å². The molecule has 1 aromatic heterocycles. The lowest BCUT2D eigenvalue weighted by atomic mass is 10.2. The molecule has 0 aliphatic heterocycles. The summed E-state index contributed by atoms with van der Waals surface area (Å²) < 4.78 is 67.0. The van der Waals surface area contributed by atoms with E-state index in [-0.39, 0.29) is 12.7 Å². The molecule has 0 aromatic carbocycles. The van der Waals surface area contributed by atoms with Crippen LogP contribution in [0.5, 0.6) is 0 Å². The van der Waals surface area contributed by atoms with Gasteiger partial charge in [-0.1, -0.05) is 11.6 Å². The number of hydrogen-bond acceptors (Lipinski definition) is 3. The lowest BCUT2D eigenvalue weighted by Gasteiger charge is -2.12. The number of pyridine rings is 1. The predicted molar refractivity (Wildman–Crippen MR) is 55.2 cm³/mol. The number of carbonyl (C=O) groups is 1. The largest absolute Gasteiger partial charge is 0.462 e. The van der Waals surface area contributed by atoms with Crippen LogP contribution in [0, 0.1) is 0 Å². The van der Waals surface area contributed by atoms with Crippen LogP contribution in [0.2, 0.25) is 5.02 Å². The number of ether oxygens (including phenoxy) is 1. The molecule has 0 amide bonds. The van der Waals surface area contributed by atoms with Crippen LogP contribution in [-0.2, 0) is 10.9 Å². The molecule has 0 bridgehead atoms. The maximum atomic E-state index is 12.6. The molecule has 3 nitrogen and oxygen atoms in total. The van der Waals surface area contributed by atoms with Crippen molar-refractivity contribution in [1.82, 2.24) is 4.98 Å². The maximum Gasteiger partial charge on any atom is 0.433 e. The predicted octanol–water partition coefficient (Wildman–Crippen LogP) is 3.87. The SMILES string of the molecule is CCOC(=O)c1cc(C(F)(F)F)nc(C(F)F)c1Cl. The van der Waals surface area contributed by atoms with Gasteiger partial charge in [-0.05, 0) is 13.0 Å². The van der Waals surface area contributed by atoms with Gasteiger partial charge in [0.15, 0.2) is 0 Å². The third-order valence-corrected chi connectivity index (χ3v) is 2.37. The average Bonchev–Trinajstić information content (AvgIpc) is 2.27. The zero-order chi connectivity index (χ0) is 14.8. The molecular weight excluding hydrogens is 297 g/mol. The van der Waals surface area contributed by atoms with Crippen LogP contribution in [0.25, 0.3) is 0 Å². The lowest BCUT2D eigenvalue weighted by Crippen LogP contribution is -2.15. The highest BCUT2D eigenvalue weighted by Gasteiger charge is 2.36. The number of nitrogens with zero attached hydrogens (tertiary/aromatic N) is 1. The second kappa shape index (κ2) is 5.68. The Morgan fingerprint density at radius 2 is 2.05 bits per heavy atom. The van der Waals surface area contributed by atoms with Crippen LogP contribution in [0.3, 0.4) is 0 Å². The van der Waals surface area contributed by atoms with Gasteiger partial charge in [-0.15, -0.1) is 0 Å². The van der Waals surface area contributed by atoms with Crippen molar-refractivity contribution in [2.24, 2.45) is 0 Å². The molecule has 106 valence electrons. The van der Waals surface area contributed by atoms with Gasteiger partial charge in [-0.3, -0.25) is 0 Å². The van der Waals surface area contributed by atoms with Crippen molar-refractivity contribution in [3.05, 3.63) is 28.0 Å². The van der Waals surface area contributed by atoms with Crippen LogP contribution in [-0.4, -0.2) is 17.6 Å². The zero-order valence-electron chi connectivity index (χ0n) is 9.39. The highest BCUT2D eigenvalue weighted by Crippen LogP contribution is 2.35. The van der Waals surface area contributed by atoms with E-state index in [0.717, 1.165) is 0 Å². The summed E-state index contributed by atoms with van der Waals surface area (Å²) in [5.74, 6) is -1.22.